The van der Waals surface area contributed by atoms with Crippen LogP contribution in [-0.2, 0) is 14.3 Å². The number of nitrogens with one attached hydrogen (secondary N) is 1. The Kier molecular flexibility index (Phi) is 22.0. The number of morpholine rings is 1. The van der Waals surface area contributed by atoms with E-state index in [1.54, 1.807) is 65.7 Å². The number of aryl methyl sites for hydroxylation is 1. The maximum atomic E-state index is 13.4. The molecule has 6 heterocycles. The van der Waals surface area contributed by atoms with Crippen molar-refractivity contribution in [3.05, 3.63) is 113 Å². The van der Waals surface area contributed by atoms with E-state index in [0.29, 0.717) is 40.5 Å². The van der Waals surface area contributed by atoms with Crippen molar-refractivity contribution in [2.45, 2.75) is 123 Å². The monoisotopic (exact) mass is 1100 g/mol. The van der Waals surface area contributed by atoms with E-state index in [0.717, 1.165) is 87.7 Å². The van der Waals surface area contributed by atoms with Crippen LogP contribution < -0.4 is 33.2 Å². The van der Waals surface area contributed by atoms with E-state index in [1.807, 2.05) is 18.5 Å². The van der Waals surface area contributed by atoms with Gasteiger partial charge in [0.2, 0.25) is 12.3 Å². The maximum Gasteiger partial charge on any atom is 0.231 e. The van der Waals surface area contributed by atoms with E-state index in [1.165, 1.54) is 74.2 Å². The maximum absolute atomic E-state index is 13.4. The number of rotatable bonds is 18. The van der Waals surface area contributed by atoms with Gasteiger partial charge in [0.1, 0.15) is 23.5 Å². The SMILES string of the molecule is CC#CC(C)n1cc(C(/C=C(\N)c2ccccc2O)=C(N)N)cn1.Cc1ncsc1-c1ccc(C(C)CCCCNC(=O)C(c2cc(N3CCC(CN4CCC5(CC4)CC(N4CCOCC4)C5)CC3)no2)C(C)C)cc1.NC=O. The smallest absolute Gasteiger partial charge is 0.231 e. The van der Waals surface area contributed by atoms with Crippen molar-refractivity contribution in [2.24, 2.45) is 40.2 Å². The second kappa shape index (κ2) is 29.0. The highest BCUT2D eigenvalue weighted by Crippen LogP contribution is 2.51. The van der Waals surface area contributed by atoms with Crippen molar-refractivity contribution >= 4 is 40.7 Å². The van der Waals surface area contributed by atoms with Crippen LogP contribution in [0.3, 0.4) is 0 Å². The van der Waals surface area contributed by atoms with Crippen LogP contribution in [0.4, 0.5) is 5.82 Å². The molecule has 1 aliphatic carbocycles. The topological polar surface area (TPSA) is 246 Å². The number of carbonyl (C=O) groups excluding carboxylic acids is 2. The number of hydrogen-bond donors (Lipinski definition) is 6. The zero-order valence-electron chi connectivity index (χ0n) is 47.4. The average molecular weight is 1100 g/mol. The molecule has 0 bridgehead atoms. The highest BCUT2D eigenvalue weighted by molar-refractivity contribution is 7.13. The number of nitrogens with zero attached hydrogens (tertiary/aromatic N) is 7. The van der Waals surface area contributed by atoms with Gasteiger partial charge in [0.15, 0.2) is 11.6 Å². The molecular weight excluding hydrogens is 1010 g/mol. The molecule has 4 fully saturated rings. The Labute approximate surface area is 472 Å². The molecule has 18 heteroatoms. The van der Waals surface area contributed by atoms with E-state index in [9.17, 15) is 9.90 Å². The van der Waals surface area contributed by atoms with Gasteiger partial charge in [0.05, 0.1) is 35.5 Å². The first-order valence-electron chi connectivity index (χ1n) is 28.3. The second-order valence-electron chi connectivity index (χ2n) is 22.2. The molecule has 17 nitrogen and oxygen atoms in total. The summed E-state index contributed by atoms with van der Waals surface area (Å²) < 4.78 is 13.2. The number of unbranched alkanes of at least 4 members (excludes halogenated alkanes) is 1. The first-order chi connectivity index (χ1) is 38.1. The largest absolute Gasteiger partial charge is 0.507 e. The molecule has 79 heavy (non-hydrogen) atoms. The fourth-order valence-electron chi connectivity index (χ4n) is 11.7. The van der Waals surface area contributed by atoms with E-state index in [4.69, 9.17) is 31.3 Å². The lowest BCUT2D eigenvalue weighted by Gasteiger charge is -2.56. The van der Waals surface area contributed by atoms with Gasteiger partial charge < -0.3 is 52.4 Å². The van der Waals surface area contributed by atoms with E-state index in [-0.39, 0.29) is 41.8 Å². The van der Waals surface area contributed by atoms with E-state index >= 15 is 0 Å². The van der Waals surface area contributed by atoms with Crippen molar-refractivity contribution in [1.29, 1.82) is 0 Å². The molecule has 3 aromatic heterocycles. The van der Waals surface area contributed by atoms with Gasteiger partial charge in [-0.3, -0.25) is 19.2 Å². The molecule has 3 atom stereocenters. The Bertz CT molecular complexity index is 2830. The number of piperidine rings is 2. The van der Waals surface area contributed by atoms with Gasteiger partial charge in [-0.25, -0.2) is 4.98 Å². The summed E-state index contributed by atoms with van der Waals surface area (Å²) in [5, 5.41) is 21.9. The average Bonchev–Trinajstić information content (AvgIpc) is 4.26. The molecule has 3 unspecified atom stereocenters. The molecule has 10 N–H and O–H groups in total. The Hall–Kier alpha value is -6.65. The van der Waals surface area contributed by atoms with Crippen LogP contribution in [0, 0.1) is 36.0 Å². The minimum Gasteiger partial charge on any atom is -0.507 e. The van der Waals surface area contributed by atoms with Crippen molar-refractivity contribution in [3.63, 3.8) is 0 Å². The summed E-state index contributed by atoms with van der Waals surface area (Å²) in [4.78, 5) is 35.4. The van der Waals surface area contributed by atoms with Crippen LogP contribution in [0.15, 0.2) is 88.9 Å². The van der Waals surface area contributed by atoms with Crippen LogP contribution >= 0.6 is 11.3 Å². The number of para-hydroxylation sites is 1. The van der Waals surface area contributed by atoms with Gasteiger partial charge >= 0.3 is 0 Å². The van der Waals surface area contributed by atoms with Crippen LogP contribution in [-0.4, -0.2) is 119 Å². The van der Waals surface area contributed by atoms with Crippen LogP contribution in [0.5, 0.6) is 5.75 Å². The number of primary amides is 1. The number of allylic oxidation sites excluding steroid dienone is 2. The number of aromatic nitrogens is 4. The fraction of sp³-hybridized carbons (Fsp3) is 0.525. The van der Waals surface area contributed by atoms with Gasteiger partial charge in [0.25, 0.3) is 0 Å². The van der Waals surface area contributed by atoms with Gasteiger partial charge in [-0.05, 0) is 138 Å². The highest BCUT2D eigenvalue weighted by Gasteiger charge is 2.48. The Morgan fingerprint density at radius 3 is 2.30 bits per heavy atom. The highest BCUT2D eigenvalue weighted by atomic mass is 32.1. The number of phenolic OH excluding ortho intramolecular Hbond substituents is 1. The summed E-state index contributed by atoms with van der Waals surface area (Å²) in [6, 6.07) is 18.5. The standard InChI is InChI=1S/C42H62N6O3S.C18H21N5O.CH3NO/c1-30(2)39(41(49)43-16-6-5-7-31(3)34-8-10-35(11-9-34)40-32(4)44-29-52-40)37-25-38(45-51-37)48-17-12-33(13-18-48)28-46-19-14-42(15-20-46)26-36(27-42)47-21-23-50-24-22-47;1-3-6-12(2)23-11-13(10-22-23)15(18(20)21)9-16(19)14-7-4-5-8-17(14)24;2-1-3/h8-11,25,29-31,33,36,39H,5-7,12-24,26-28H2,1-4H3,(H,43,49);4-5,7-12,24H,19-21H2,1-2H3;1H,(H2,2,3)/b;16-9-;. The summed E-state index contributed by atoms with van der Waals surface area (Å²) >= 11 is 1.70. The number of amides is 2. The van der Waals surface area contributed by atoms with E-state index in [2.05, 4.69) is 105 Å². The first kappa shape index (κ1) is 60.0. The van der Waals surface area contributed by atoms with Crippen molar-refractivity contribution < 1.29 is 24.0 Å². The molecule has 4 aliphatic rings. The molecule has 1 spiro atoms. The lowest BCUT2D eigenvalue weighted by molar-refractivity contribution is -0.124. The van der Waals surface area contributed by atoms with Crippen LogP contribution in [0.25, 0.3) is 21.7 Å². The number of ether oxygens (including phenoxy) is 1. The summed E-state index contributed by atoms with van der Waals surface area (Å²) in [6.07, 6.45) is 16.4. The van der Waals surface area contributed by atoms with Crippen molar-refractivity contribution in [3.8, 4) is 28.0 Å². The number of thiazole rings is 1. The fourth-order valence-corrected chi connectivity index (χ4v) is 12.5. The number of anilines is 1. The Morgan fingerprint density at radius 1 is 0.975 bits per heavy atom. The van der Waals surface area contributed by atoms with Crippen LogP contribution in [0.1, 0.15) is 138 Å². The number of nitrogens with two attached hydrogens (primary N) is 4. The lowest BCUT2D eigenvalue weighted by atomic mass is 9.60. The quantitative estimate of drug-likeness (QED) is 0.0208. The molecular formula is C61H86N12O5S. The summed E-state index contributed by atoms with van der Waals surface area (Å²) in [7, 11) is 0. The third-order valence-electron chi connectivity index (χ3n) is 16.4. The summed E-state index contributed by atoms with van der Waals surface area (Å²) in [5.74, 6) is 8.70. The van der Waals surface area contributed by atoms with E-state index < -0.39 is 0 Å². The van der Waals surface area contributed by atoms with Gasteiger partial charge in [0, 0.05) is 80.0 Å². The molecule has 2 aromatic carbocycles. The first-order valence-corrected chi connectivity index (χ1v) is 29.2. The predicted molar refractivity (Wildman–Crippen MR) is 316 cm³/mol. The van der Waals surface area contributed by atoms with Crippen molar-refractivity contribution in [2.75, 3.05) is 70.5 Å². The van der Waals surface area contributed by atoms with Gasteiger partial charge in [-0.1, -0.05) is 74.7 Å². The predicted octanol–water partition coefficient (Wildman–Crippen LogP) is 8.59. The number of phenols is 1. The zero-order chi connectivity index (χ0) is 56.5. The summed E-state index contributed by atoms with van der Waals surface area (Å²) in [5.41, 5.74) is 30.2. The normalized spacial score (nSPS) is 18.2. The molecule has 5 aromatic rings. The number of carbonyl (C=O) groups is 2. The molecule has 2 amide bonds. The zero-order valence-corrected chi connectivity index (χ0v) is 48.2. The minimum atomic E-state index is -0.333. The molecule has 3 aliphatic heterocycles. The van der Waals surface area contributed by atoms with Gasteiger partial charge in [-0.2, -0.15) is 5.10 Å². The molecule has 0 radical (unpaired) electrons. The second-order valence-corrected chi connectivity index (χ2v) is 23.1. The summed E-state index contributed by atoms with van der Waals surface area (Å²) in [6.45, 7) is 22.8. The number of aromatic hydroxyl groups is 1. The van der Waals surface area contributed by atoms with Crippen molar-refractivity contribution in [1.82, 2.24) is 35.0 Å². The third-order valence-corrected chi connectivity index (χ3v) is 17.4. The molecule has 1 saturated carbocycles. The number of hydrogen-bond acceptors (Lipinski definition) is 15. The van der Waals surface area contributed by atoms with Crippen LogP contribution in [0.2, 0.25) is 0 Å². The number of benzene rings is 2. The number of likely N-dealkylation sites (tertiary alicyclic amines) is 1. The lowest BCUT2D eigenvalue weighted by Crippen LogP contribution is -2.57. The third kappa shape index (κ3) is 16.2. The minimum absolute atomic E-state index is 0.0419. The molecule has 426 valence electrons. The Morgan fingerprint density at radius 2 is 1.67 bits per heavy atom. The molecule has 3 saturated heterocycles. The Balaban J connectivity index is 0.000000279. The van der Waals surface area contributed by atoms with Gasteiger partial charge in [-0.15, -0.1) is 17.3 Å². The molecule has 9 rings (SSSR count).